The number of rotatable bonds is 6. The molecule has 1 saturated heterocycles. The first-order valence-corrected chi connectivity index (χ1v) is 9.54. The van der Waals surface area contributed by atoms with Crippen molar-refractivity contribution in [2.75, 3.05) is 33.3 Å². The summed E-state index contributed by atoms with van der Waals surface area (Å²) < 4.78 is 5.03. The maximum Gasteiger partial charge on any atom is 0.327 e. The third-order valence-corrected chi connectivity index (χ3v) is 5.33. The molecule has 0 unspecified atom stereocenters. The van der Waals surface area contributed by atoms with Crippen LogP contribution in [-0.2, 0) is 14.3 Å². The van der Waals surface area contributed by atoms with E-state index in [-0.39, 0.29) is 11.9 Å². The van der Waals surface area contributed by atoms with E-state index in [1.807, 2.05) is 42.5 Å². The van der Waals surface area contributed by atoms with Gasteiger partial charge in [0.2, 0.25) is 5.91 Å². The van der Waals surface area contributed by atoms with E-state index in [4.69, 9.17) is 22.1 Å². The summed E-state index contributed by atoms with van der Waals surface area (Å²) in [5.41, 5.74) is 7.40. The van der Waals surface area contributed by atoms with Crippen molar-refractivity contribution in [1.29, 1.82) is 0 Å². The molecule has 0 bridgehead atoms. The van der Waals surface area contributed by atoms with E-state index in [0.717, 1.165) is 11.1 Å². The van der Waals surface area contributed by atoms with Crippen LogP contribution in [0.25, 0.3) is 0 Å². The Balaban J connectivity index is 1.75. The molecule has 6 nitrogen and oxygen atoms in total. The van der Waals surface area contributed by atoms with Crippen molar-refractivity contribution >= 4 is 23.5 Å². The number of piperazine rings is 1. The van der Waals surface area contributed by atoms with E-state index < -0.39 is 12.1 Å². The van der Waals surface area contributed by atoms with Crippen LogP contribution in [0.15, 0.2) is 54.6 Å². The zero-order valence-corrected chi connectivity index (χ0v) is 16.5. The standard InChI is InChI=1S/C21H24ClN3O3/c1-28-21(27)19(16-7-9-17(22)10-8-16)25-13-11-24(12-14-25)18(20(23)26)15-5-3-2-4-6-15/h2-10,18-19H,11-14H2,1H3,(H2,23,26)/t18-,19+/m0/s1. The van der Waals surface area contributed by atoms with Crippen molar-refractivity contribution in [3.63, 3.8) is 0 Å². The minimum atomic E-state index is -0.506. The van der Waals surface area contributed by atoms with Gasteiger partial charge in [0.15, 0.2) is 0 Å². The van der Waals surface area contributed by atoms with Crippen LogP contribution in [0.1, 0.15) is 23.2 Å². The van der Waals surface area contributed by atoms with Gasteiger partial charge in [0, 0.05) is 31.2 Å². The molecule has 1 fully saturated rings. The lowest BCUT2D eigenvalue weighted by molar-refractivity contribution is -0.148. The number of ether oxygens (including phenoxy) is 1. The molecule has 2 N–H and O–H groups in total. The first kappa shape index (κ1) is 20.3. The normalized spacial score (nSPS) is 17.6. The Morgan fingerprint density at radius 1 is 0.893 bits per heavy atom. The molecule has 1 amide bonds. The lowest BCUT2D eigenvalue weighted by Gasteiger charge is -2.40. The average molecular weight is 402 g/mol. The number of esters is 1. The Bertz CT molecular complexity index is 805. The predicted octanol–water partition coefficient (Wildman–Crippen LogP) is 2.40. The van der Waals surface area contributed by atoms with Gasteiger partial charge in [-0.15, -0.1) is 0 Å². The molecule has 7 heteroatoms. The molecule has 0 aromatic heterocycles. The highest BCUT2D eigenvalue weighted by atomic mass is 35.5. The number of primary amides is 1. The number of hydrogen-bond acceptors (Lipinski definition) is 5. The zero-order valence-electron chi connectivity index (χ0n) is 15.8. The number of carbonyl (C=O) groups is 2. The van der Waals surface area contributed by atoms with Gasteiger partial charge < -0.3 is 10.5 Å². The van der Waals surface area contributed by atoms with Gasteiger partial charge in [-0.2, -0.15) is 0 Å². The van der Waals surface area contributed by atoms with Gasteiger partial charge in [0.1, 0.15) is 12.1 Å². The molecule has 0 saturated carbocycles. The second kappa shape index (κ2) is 9.19. The van der Waals surface area contributed by atoms with Crippen molar-refractivity contribution in [2.24, 2.45) is 5.73 Å². The summed E-state index contributed by atoms with van der Waals surface area (Å²) in [5.74, 6) is -0.688. The number of carbonyl (C=O) groups excluding carboxylic acids is 2. The Morgan fingerprint density at radius 2 is 1.39 bits per heavy atom. The van der Waals surface area contributed by atoms with Gasteiger partial charge in [-0.25, -0.2) is 4.79 Å². The average Bonchev–Trinajstić information content (AvgIpc) is 2.71. The quantitative estimate of drug-likeness (QED) is 0.752. The minimum absolute atomic E-state index is 0.315. The maximum atomic E-state index is 12.5. The van der Waals surface area contributed by atoms with Crippen LogP contribution in [0.2, 0.25) is 5.02 Å². The summed E-state index contributed by atoms with van der Waals surface area (Å²) >= 11 is 5.98. The highest BCUT2D eigenvalue weighted by Crippen LogP contribution is 2.28. The van der Waals surface area contributed by atoms with Crippen LogP contribution >= 0.6 is 11.6 Å². The predicted molar refractivity (Wildman–Crippen MR) is 108 cm³/mol. The summed E-state index contributed by atoms with van der Waals surface area (Å²) in [7, 11) is 1.39. The molecular formula is C21H24ClN3O3. The summed E-state index contributed by atoms with van der Waals surface area (Å²) in [5, 5.41) is 0.615. The van der Waals surface area contributed by atoms with Crippen molar-refractivity contribution in [2.45, 2.75) is 12.1 Å². The van der Waals surface area contributed by atoms with Crippen molar-refractivity contribution in [3.8, 4) is 0 Å². The van der Waals surface area contributed by atoms with E-state index in [2.05, 4.69) is 9.80 Å². The van der Waals surface area contributed by atoms with E-state index >= 15 is 0 Å². The van der Waals surface area contributed by atoms with Crippen molar-refractivity contribution in [1.82, 2.24) is 9.80 Å². The van der Waals surface area contributed by atoms with Crippen LogP contribution in [-0.4, -0.2) is 55.0 Å². The van der Waals surface area contributed by atoms with Crippen LogP contribution < -0.4 is 5.73 Å². The topological polar surface area (TPSA) is 75.9 Å². The highest BCUT2D eigenvalue weighted by molar-refractivity contribution is 6.30. The van der Waals surface area contributed by atoms with E-state index in [1.165, 1.54) is 7.11 Å². The number of methoxy groups -OCH3 is 1. The molecule has 2 aromatic carbocycles. The second-order valence-electron chi connectivity index (χ2n) is 6.76. The lowest BCUT2D eigenvalue weighted by Crippen LogP contribution is -2.52. The smallest absolute Gasteiger partial charge is 0.327 e. The largest absolute Gasteiger partial charge is 0.468 e. The first-order chi connectivity index (χ1) is 13.5. The Morgan fingerprint density at radius 3 is 1.89 bits per heavy atom. The molecule has 1 aliphatic rings. The molecular weight excluding hydrogens is 378 g/mol. The van der Waals surface area contributed by atoms with E-state index in [0.29, 0.717) is 31.2 Å². The number of amides is 1. The van der Waals surface area contributed by atoms with Crippen LogP contribution in [0.5, 0.6) is 0 Å². The highest BCUT2D eigenvalue weighted by Gasteiger charge is 2.34. The monoisotopic (exact) mass is 401 g/mol. The maximum absolute atomic E-state index is 12.5. The molecule has 28 heavy (non-hydrogen) atoms. The third kappa shape index (κ3) is 4.52. The molecule has 0 radical (unpaired) electrons. The fourth-order valence-electron chi connectivity index (χ4n) is 3.70. The molecule has 0 spiro atoms. The number of benzene rings is 2. The zero-order chi connectivity index (χ0) is 20.1. The fourth-order valence-corrected chi connectivity index (χ4v) is 3.82. The molecule has 1 heterocycles. The molecule has 2 atom stereocenters. The fraction of sp³-hybridized carbons (Fsp3) is 0.333. The van der Waals surface area contributed by atoms with Gasteiger partial charge >= 0.3 is 5.97 Å². The third-order valence-electron chi connectivity index (χ3n) is 5.07. The summed E-state index contributed by atoms with van der Waals surface area (Å²) in [6, 6.07) is 15.8. The lowest BCUT2D eigenvalue weighted by atomic mass is 10.0. The van der Waals surface area contributed by atoms with E-state index in [1.54, 1.807) is 12.1 Å². The number of hydrogen-bond donors (Lipinski definition) is 1. The van der Waals surface area contributed by atoms with Gasteiger partial charge in [0.05, 0.1) is 7.11 Å². The van der Waals surface area contributed by atoms with Gasteiger partial charge in [-0.3, -0.25) is 14.6 Å². The summed E-state index contributed by atoms with van der Waals surface area (Å²) in [6.45, 7) is 2.45. The summed E-state index contributed by atoms with van der Waals surface area (Å²) in [6.07, 6.45) is 0. The van der Waals surface area contributed by atoms with Gasteiger partial charge in [0.25, 0.3) is 0 Å². The first-order valence-electron chi connectivity index (χ1n) is 9.17. The number of nitrogens with zero attached hydrogens (tertiary/aromatic N) is 2. The van der Waals surface area contributed by atoms with Gasteiger partial charge in [-0.05, 0) is 23.3 Å². The van der Waals surface area contributed by atoms with Gasteiger partial charge in [-0.1, -0.05) is 54.1 Å². The Hall–Kier alpha value is -2.41. The van der Waals surface area contributed by atoms with Crippen LogP contribution in [0.4, 0.5) is 0 Å². The molecule has 148 valence electrons. The molecule has 0 aliphatic carbocycles. The minimum Gasteiger partial charge on any atom is -0.468 e. The number of halogens is 1. The second-order valence-corrected chi connectivity index (χ2v) is 7.20. The summed E-state index contributed by atoms with van der Waals surface area (Å²) in [4.78, 5) is 28.7. The number of nitrogens with two attached hydrogens (primary N) is 1. The Kier molecular flexibility index (Phi) is 6.67. The molecule has 1 aliphatic heterocycles. The Labute approximate surface area is 169 Å². The van der Waals surface area contributed by atoms with Crippen molar-refractivity contribution in [3.05, 3.63) is 70.7 Å². The SMILES string of the molecule is COC(=O)[C@@H](c1ccc(Cl)cc1)N1CCN([C@H](C(N)=O)c2ccccc2)CC1. The van der Waals surface area contributed by atoms with Crippen LogP contribution in [0.3, 0.4) is 0 Å². The van der Waals surface area contributed by atoms with Crippen molar-refractivity contribution < 1.29 is 14.3 Å². The van der Waals surface area contributed by atoms with Crippen LogP contribution in [0, 0.1) is 0 Å². The molecule has 3 rings (SSSR count). The molecule has 2 aromatic rings. The van der Waals surface area contributed by atoms with E-state index in [9.17, 15) is 9.59 Å².